The zero-order valence-corrected chi connectivity index (χ0v) is 11.1. The van der Waals surface area contributed by atoms with Crippen molar-refractivity contribution >= 4 is 46.4 Å². The fraction of sp³-hybridized carbons (Fsp3) is 1.00. The highest BCUT2D eigenvalue weighted by molar-refractivity contribution is 6.49. The van der Waals surface area contributed by atoms with E-state index in [1.807, 2.05) is 0 Å². The molecule has 0 saturated carbocycles. The molecule has 0 nitrogen and oxygen atoms in total. The van der Waals surface area contributed by atoms with Gasteiger partial charge in [0.05, 0.1) is 0 Å². The highest BCUT2D eigenvalue weighted by Crippen LogP contribution is 2.37. The molecular formula is C9H16Cl4. The van der Waals surface area contributed by atoms with Crippen LogP contribution in [0.5, 0.6) is 0 Å². The van der Waals surface area contributed by atoms with Crippen LogP contribution >= 0.6 is 46.4 Å². The molecule has 0 amide bonds. The van der Waals surface area contributed by atoms with Gasteiger partial charge < -0.3 is 0 Å². The molecule has 4 heteroatoms. The maximum atomic E-state index is 6.07. The van der Waals surface area contributed by atoms with Crippen LogP contribution in [-0.4, -0.2) is 8.67 Å². The molecule has 0 aliphatic heterocycles. The molecule has 0 spiro atoms. The summed E-state index contributed by atoms with van der Waals surface area (Å²) in [6.07, 6.45) is 4.19. The fourth-order valence-electron chi connectivity index (χ4n) is 0.963. The maximum absolute atomic E-state index is 6.07. The van der Waals surface area contributed by atoms with Crippen LogP contribution in [0.3, 0.4) is 0 Å². The van der Waals surface area contributed by atoms with Crippen LogP contribution in [0.25, 0.3) is 0 Å². The normalized spacial score (nSPS) is 13.4. The van der Waals surface area contributed by atoms with Crippen molar-refractivity contribution in [2.75, 3.05) is 0 Å². The van der Waals surface area contributed by atoms with Crippen LogP contribution < -0.4 is 0 Å². The molecule has 0 rings (SSSR count). The summed E-state index contributed by atoms with van der Waals surface area (Å²) in [7, 11) is 0. The van der Waals surface area contributed by atoms with Crippen LogP contribution in [0.4, 0.5) is 0 Å². The fourth-order valence-corrected chi connectivity index (χ4v) is 1.61. The van der Waals surface area contributed by atoms with Crippen molar-refractivity contribution in [3.05, 3.63) is 0 Å². The number of alkyl halides is 4. The SMILES string of the molecule is CCCCC(Cl)(Cl)CCC(C)(Cl)Cl. The molecule has 0 radical (unpaired) electrons. The van der Waals surface area contributed by atoms with Gasteiger partial charge in [-0.1, -0.05) is 19.8 Å². The Labute approximate surface area is 101 Å². The molecule has 0 heterocycles. The summed E-state index contributed by atoms with van der Waals surface area (Å²) in [5.74, 6) is 0. The lowest BCUT2D eigenvalue weighted by Gasteiger charge is -2.22. The second-order valence-corrected chi connectivity index (χ2v) is 7.03. The summed E-state index contributed by atoms with van der Waals surface area (Å²) in [6, 6.07) is 0. The first-order valence-electron chi connectivity index (χ1n) is 4.52. The third-order valence-electron chi connectivity index (χ3n) is 1.83. The highest BCUT2D eigenvalue weighted by Gasteiger charge is 2.27. The van der Waals surface area contributed by atoms with Gasteiger partial charge >= 0.3 is 0 Å². The summed E-state index contributed by atoms with van der Waals surface area (Å²) >= 11 is 23.8. The Kier molecular flexibility index (Phi) is 6.43. The van der Waals surface area contributed by atoms with Gasteiger partial charge in [0.25, 0.3) is 0 Å². The Balaban J connectivity index is 3.75. The number of unbranched alkanes of at least 4 members (excludes halogenated alkanes) is 1. The molecular weight excluding hydrogens is 250 g/mol. The summed E-state index contributed by atoms with van der Waals surface area (Å²) in [6.45, 7) is 3.86. The van der Waals surface area contributed by atoms with Gasteiger partial charge in [0.2, 0.25) is 0 Å². The van der Waals surface area contributed by atoms with E-state index in [0.717, 1.165) is 19.3 Å². The molecule has 0 bridgehead atoms. The quantitative estimate of drug-likeness (QED) is 0.570. The lowest BCUT2D eigenvalue weighted by Crippen LogP contribution is -2.17. The topological polar surface area (TPSA) is 0 Å². The molecule has 0 atom stereocenters. The minimum atomic E-state index is -0.721. The number of hydrogen-bond acceptors (Lipinski definition) is 0. The average molecular weight is 266 g/mol. The minimum Gasteiger partial charge on any atom is -0.102 e. The van der Waals surface area contributed by atoms with Gasteiger partial charge in [-0.25, -0.2) is 0 Å². The molecule has 0 aliphatic rings. The van der Waals surface area contributed by atoms with Crippen molar-refractivity contribution < 1.29 is 0 Å². The molecule has 0 saturated heterocycles. The van der Waals surface area contributed by atoms with Crippen LogP contribution in [0, 0.1) is 0 Å². The third-order valence-corrected chi connectivity index (χ3v) is 2.96. The van der Waals surface area contributed by atoms with E-state index >= 15 is 0 Å². The first-order valence-corrected chi connectivity index (χ1v) is 6.04. The summed E-state index contributed by atoms with van der Waals surface area (Å²) in [5, 5.41) is 0. The smallest absolute Gasteiger partial charge is 0.102 e. The molecule has 0 aliphatic carbocycles. The van der Waals surface area contributed by atoms with E-state index in [1.54, 1.807) is 6.92 Å². The zero-order valence-electron chi connectivity index (χ0n) is 8.05. The maximum Gasteiger partial charge on any atom is 0.118 e. The van der Waals surface area contributed by atoms with Crippen molar-refractivity contribution in [2.45, 2.75) is 54.6 Å². The zero-order chi connectivity index (χ0) is 10.5. The van der Waals surface area contributed by atoms with Gasteiger partial charge in [-0.2, -0.15) is 0 Å². The Hall–Kier alpha value is 1.16. The number of hydrogen-bond donors (Lipinski definition) is 0. The van der Waals surface area contributed by atoms with Gasteiger partial charge in [0, 0.05) is 0 Å². The lowest BCUT2D eigenvalue weighted by atomic mass is 10.1. The second kappa shape index (κ2) is 5.90. The van der Waals surface area contributed by atoms with Crippen molar-refractivity contribution in [2.24, 2.45) is 0 Å². The van der Waals surface area contributed by atoms with E-state index in [2.05, 4.69) is 6.92 Å². The summed E-state index contributed by atoms with van der Waals surface area (Å²) in [4.78, 5) is 0. The first-order chi connectivity index (χ1) is 5.77. The predicted octanol–water partition coefficient (Wildman–Crippen LogP) is 5.32. The Bertz CT molecular complexity index is 137. The lowest BCUT2D eigenvalue weighted by molar-refractivity contribution is 0.559. The van der Waals surface area contributed by atoms with Gasteiger partial charge in [-0.15, -0.1) is 46.4 Å². The van der Waals surface area contributed by atoms with E-state index in [4.69, 9.17) is 46.4 Å². The van der Waals surface area contributed by atoms with E-state index in [0.29, 0.717) is 12.8 Å². The molecule has 13 heavy (non-hydrogen) atoms. The van der Waals surface area contributed by atoms with Crippen molar-refractivity contribution in [3.8, 4) is 0 Å². The van der Waals surface area contributed by atoms with Gasteiger partial charge in [-0.05, 0) is 26.2 Å². The summed E-state index contributed by atoms with van der Waals surface area (Å²) in [5.41, 5.74) is 0. The number of rotatable bonds is 6. The molecule has 0 aromatic rings. The van der Waals surface area contributed by atoms with E-state index in [-0.39, 0.29) is 0 Å². The predicted molar refractivity (Wildman–Crippen MR) is 63.3 cm³/mol. The van der Waals surface area contributed by atoms with Crippen molar-refractivity contribution in [1.82, 2.24) is 0 Å². The van der Waals surface area contributed by atoms with E-state index < -0.39 is 8.67 Å². The Morgan fingerprint density at radius 1 is 0.923 bits per heavy atom. The highest BCUT2D eigenvalue weighted by atomic mass is 35.5. The van der Waals surface area contributed by atoms with Gasteiger partial charge in [-0.3, -0.25) is 0 Å². The second-order valence-electron chi connectivity index (χ2n) is 3.53. The molecule has 0 aromatic carbocycles. The molecule has 0 aromatic heterocycles. The Morgan fingerprint density at radius 2 is 1.46 bits per heavy atom. The Morgan fingerprint density at radius 3 is 1.85 bits per heavy atom. The minimum absolute atomic E-state index is 0.618. The van der Waals surface area contributed by atoms with Crippen LogP contribution in [0.2, 0.25) is 0 Å². The van der Waals surface area contributed by atoms with E-state index in [1.165, 1.54) is 0 Å². The van der Waals surface area contributed by atoms with Crippen LogP contribution in [0.1, 0.15) is 46.0 Å². The molecule has 0 unspecified atom stereocenters. The molecule has 0 N–H and O–H groups in total. The van der Waals surface area contributed by atoms with Gasteiger partial charge in [0.1, 0.15) is 8.67 Å². The molecule has 80 valence electrons. The third kappa shape index (κ3) is 9.46. The summed E-state index contributed by atoms with van der Waals surface area (Å²) < 4.78 is -1.39. The van der Waals surface area contributed by atoms with Crippen molar-refractivity contribution in [1.29, 1.82) is 0 Å². The molecule has 0 fully saturated rings. The standard InChI is InChI=1S/C9H16Cl4/c1-3-4-5-9(12,13)7-6-8(2,10)11/h3-7H2,1-2H3. The first kappa shape index (κ1) is 14.2. The monoisotopic (exact) mass is 264 g/mol. The van der Waals surface area contributed by atoms with Crippen LogP contribution in [0.15, 0.2) is 0 Å². The number of halogens is 4. The average Bonchev–Trinajstić information content (AvgIpc) is 1.97. The largest absolute Gasteiger partial charge is 0.118 e. The van der Waals surface area contributed by atoms with Crippen molar-refractivity contribution in [3.63, 3.8) is 0 Å². The van der Waals surface area contributed by atoms with Gasteiger partial charge in [0.15, 0.2) is 0 Å². The van der Waals surface area contributed by atoms with Crippen LogP contribution in [-0.2, 0) is 0 Å². The van der Waals surface area contributed by atoms with E-state index in [9.17, 15) is 0 Å².